The molecule has 0 aromatic rings. The first-order valence-corrected chi connectivity index (χ1v) is 4.87. The highest BCUT2D eigenvalue weighted by atomic mass is 32.2. The smallest absolute Gasteiger partial charge is 0.0509 e. The molecular formula is C8H13NS. The average Bonchev–Trinajstić information content (AvgIpc) is 2.27. The second kappa shape index (κ2) is 2.59. The van der Waals surface area contributed by atoms with E-state index >= 15 is 0 Å². The summed E-state index contributed by atoms with van der Waals surface area (Å²) < 4.78 is 0. The monoisotopic (exact) mass is 155 g/mol. The van der Waals surface area contributed by atoms with Crippen molar-refractivity contribution in [1.29, 1.82) is 0 Å². The molecule has 10 heavy (non-hydrogen) atoms. The maximum atomic E-state index is 3.57. The fraction of sp³-hybridized carbons (Fsp3) is 0.750. The van der Waals surface area contributed by atoms with E-state index in [4.69, 9.17) is 0 Å². The SMILES string of the molecule is CC1N[C@@H]2CC=CC[C@@H]2S1. The third kappa shape index (κ3) is 1.10. The summed E-state index contributed by atoms with van der Waals surface area (Å²) in [5.74, 6) is 0. The van der Waals surface area contributed by atoms with E-state index in [0.717, 1.165) is 11.3 Å². The van der Waals surface area contributed by atoms with E-state index in [1.807, 2.05) is 0 Å². The Bertz CT molecular complexity index is 139. The Morgan fingerprint density at radius 2 is 2.20 bits per heavy atom. The van der Waals surface area contributed by atoms with Crippen molar-refractivity contribution < 1.29 is 0 Å². The summed E-state index contributed by atoms with van der Waals surface area (Å²) in [6.07, 6.45) is 7.12. The summed E-state index contributed by atoms with van der Waals surface area (Å²) >= 11 is 2.09. The molecule has 0 radical (unpaired) electrons. The van der Waals surface area contributed by atoms with Gasteiger partial charge in [-0.3, -0.25) is 0 Å². The van der Waals surface area contributed by atoms with Gasteiger partial charge < -0.3 is 5.32 Å². The molecule has 1 aliphatic carbocycles. The highest BCUT2D eigenvalue weighted by Gasteiger charge is 2.31. The molecule has 3 atom stereocenters. The zero-order valence-electron chi connectivity index (χ0n) is 6.21. The number of rotatable bonds is 0. The minimum Gasteiger partial charge on any atom is -0.301 e. The van der Waals surface area contributed by atoms with E-state index in [1.54, 1.807) is 0 Å². The van der Waals surface area contributed by atoms with Crippen LogP contribution in [0.4, 0.5) is 0 Å². The van der Waals surface area contributed by atoms with Crippen LogP contribution in [0.5, 0.6) is 0 Å². The van der Waals surface area contributed by atoms with E-state index < -0.39 is 0 Å². The zero-order chi connectivity index (χ0) is 6.97. The Morgan fingerprint density at radius 1 is 1.40 bits per heavy atom. The lowest BCUT2D eigenvalue weighted by Gasteiger charge is -2.18. The lowest BCUT2D eigenvalue weighted by molar-refractivity contribution is 0.518. The van der Waals surface area contributed by atoms with E-state index in [9.17, 15) is 0 Å². The molecule has 2 aliphatic rings. The van der Waals surface area contributed by atoms with Crippen LogP contribution in [-0.2, 0) is 0 Å². The number of nitrogens with one attached hydrogen (secondary N) is 1. The second-order valence-corrected chi connectivity index (χ2v) is 4.62. The van der Waals surface area contributed by atoms with Crippen molar-refractivity contribution >= 4 is 11.8 Å². The van der Waals surface area contributed by atoms with Gasteiger partial charge in [0.1, 0.15) is 0 Å². The van der Waals surface area contributed by atoms with Crippen molar-refractivity contribution in [3.05, 3.63) is 12.2 Å². The normalized spacial score (nSPS) is 45.5. The van der Waals surface area contributed by atoms with E-state index in [1.165, 1.54) is 12.8 Å². The highest BCUT2D eigenvalue weighted by Crippen LogP contribution is 2.33. The summed E-state index contributed by atoms with van der Waals surface area (Å²) in [6.45, 7) is 2.25. The Labute approximate surface area is 66.3 Å². The fourth-order valence-corrected chi connectivity index (χ4v) is 3.10. The predicted octanol–water partition coefficient (Wildman–Crippen LogP) is 1.76. The van der Waals surface area contributed by atoms with Crippen LogP contribution in [0.25, 0.3) is 0 Å². The topological polar surface area (TPSA) is 12.0 Å². The van der Waals surface area contributed by atoms with Crippen molar-refractivity contribution in [1.82, 2.24) is 5.32 Å². The molecule has 2 heteroatoms. The molecule has 1 N–H and O–H groups in total. The van der Waals surface area contributed by atoms with Crippen LogP contribution in [0.1, 0.15) is 19.8 Å². The Balaban J connectivity index is 2.05. The molecule has 0 bridgehead atoms. The summed E-state index contributed by atoms with van der Waals surface area (Å²) in [6, 6.07) is 0.769. The molecule has 0 aromatic heterocycles. The Hall–Kier alpha value is 0.0500. The van der Waals surface area contributed by atoms with Crippen LogP contribution in [0, 0.1) is 0 Å². The molecule has 1 aliphatic heterocycles. The molecule has 1 fully saturated rings. The Morgan fingerprint density at radius 3 is 3.00 bits per heavy atom. The summed E-state index contributed by atoms with van der Waals surface area (Å²) in [5.41, 5.74) is 0. The largest absolute Gasteiger partial charge is 0.301 e. The summed E-state index contributed by atoms with van der Waals surface area (Å²) in [4.78, 5) is 0. The van der Waals surface area contributed by atoms with Crippen LogP contribution >= 0.6 is 11.8 Å². The van der Waals surface area contributed by atoms with Crippen molar-refractivity contribution in [3.63, 3.8) is 0 Å². The number of fused-ring (bicyclic) bond motifs is 1. The zero-order valence-corrected chi connectivity index (χ0v) is 7.03. The Kier molecular flexibility index (Phi) is 1.75. The maximum Gasteiger partial charge on any atom is 0.0509 e. The molecule has 0 amide bonds. The van der Waals surface area contributed by atoms with Gasteiger partial charge in [-0.05, 0) is 19.8 Å². The fourth-order valence-electron chi connectivity index (χ4n) is 1.72. The lowest BCUT2D eigenvalue weighted by atomic mass is 10.0. The van der Waals surface area contributed by atoms with Gasteiger partial charge in [0.25, 0.3) is 0 Å². The first kappa shape index (κ1) is 6.74. The van der Waals surface area contributed by atoms with Crippen LogP contribution in [0.2, 0.25) is 0 Å². The van der Waals surface area contributed by atoms with Gasteiger partial charge in [-0.1, -0.05) is 12.2 Å². The molecule has 1 saturated heterocycles. The second-order valence-electron chi connectivity index (χ2n) is 3.03. The quantitative estimate of drug-likeness (QED) is 0.535. The van der Waals surface area contributed by atoms with Gasteiger partial charge in [0.2, 0.25) is 0 Å². The van der Waals surface area contributed by atoms with Crippen molar-refractivity contribution in [2.24, 2.45) is 0 Å². The third-order valence-electron chi connectivity index (χ3n) is 2.20. The molecular weight excluding hydrogens is 142 g/mol. The first-order valence-electron chi connectivity index (χ1n) is 3.93. The van der Waals surface area contributed by atoms with Crippen LogP contribution in [-0.4, -0.2) is 16.7 Å². The lowest BCUT2D eigenvalue weighted by Crippen LogP contribution is -2.32. The molecule has 1 nitrogen and oxygen atoms in total. The number of allylic oxidation sites excluding steroid dienone is 1. The summed E-state index contributed by atoms with van der Waals surface area (Å²) in [7, 11) is 0. The van der Waals surface area contributed by atoms with Crippen LogP contribution in [0.3, 0.4) is 0 Å². The van der Waals surface area contributed by atoms with Gasteiger partial charge in [0.05, 0.1) is 5.37 Å². The standard InChI is InChI=1S/C8H13NS/c1-6-9-7-4-2-3-5-8(7)10-6/h2-3,6-9H,4-5H2,1H3/t6?,7-,8+/m1/s1. The van der Waals surface area contributed by atoms with Crippen molar-refractivity contribution in [2.45, 2.75) is 36.4 Å². The molecule has 1 heterocycles. The predicted molar refractivity (Wildman–Crippen MR) is 46.1 cm³/mol. The molecule has 56 valence electrons. The van der Waals surface area contributed by atoms with Gasteiger partial charge in [-0.15, -0.1) is 11.8 Å². The van der Waals surface area contributed by atoms with Crippen LogP contribution < -0.4 is 5.32 Å². The maximum absolute atomic E-state index is 3.57. The molecule has 0 spiro atoms. The van der Waals surface area contributed by atoms with E-state index in [-0.39, 0.29) is 0 Å². The molecule has 0 saturated carbocycles. The molecule has 0 aromatic carbocycles. The van der Waals surface area contributed by atoms with E-state index in [2.05, 4.69) is 36.2 Å². The van der Waals surface area contributed by atoms with Gasteiger partial charge in [0.15, 0.2) is 0 Å². The molecule has 2 rings (SSSR count). The minimum absolute atomic E-state index is 0.676. The summed E-state index contributed by atoms with van der Waals surface area (Å²) in [5, 5.41) is 5.10. The average molecular weight is 155 g/mol. The first-order chi connectivity index (χ1) is 4.86. The minimum atomic E-state index is 0.676. The number of hydrogen-bond acceptors (Lipinski definition) is 2. The van der Waals surface area contributed by atoms with Gasteiger partial charge in [0, 0.05) is 11.3 Å². The van der Waals surface area contributed by atoms with Gasteiger partial charge >= 0.3 is 0 Å². The van der Waals surface area contributed by atoms with Crippen molar-refractivity contribution in [3.8, 4) is 0 Å². The third-order valence-corrected chi connectivity index (χ3v) is 3.62. The van der Waals surface area contributed by atoms with Crippen molar-refractivity contribution in [2.75, 3.05) is 0 Å². The number of hydrogen-bond donors (Lipinski definition) is 1. The van der Waals surface area contributed by atoms with Crippen LogP contribution in [0.15, 0.2) is 12.2 Å². The molecule has 1 unspecified atom stereocenters. The van der Waals surface area contributed by atoms with E-state index in [0.29, 0.717) is 5.37 Å². The van der Waals surface area contributed by atoms with Gasteiger partial charge in [-0.25, -0.2) is 0 Å². The highest BCUT2D eigenvalue weighted by molar-refractivity contribution is 8.00. The van der Waals surface area contributed by atoms with Gasteiger partial charge in [-0.2, -0.15) is 0 Å². The number of thioether (sulfide) groups is 1.